The maximum atomic E-state index is 13.0. The molecular formula is C16H24N2O5S. The summed E-state index contributed by atoms with van der Waals surface area (Å²) in [4.78, 5) is 5.56. The molecule has 1 aromatic carbocycles. The Bertz CT molecular complexity index is 688. The van der Waals surface area contributed by atoms with Crippen molar-refractivity contribution in [2.24, 2.45) is 0 Å². The predicted octanol–water partition coefficient (Wildman–Crippen LogP) is 1.42. The van der Waals surface area contributed by atoms with Gasteiger partial charge >= 0.3 is 0 Å². The third kappa shape index (κ3) is 2.99. The Hall–Kier alpha value is -1.35. The molecule has 0 amide bonds. The summed E-state index contributed by atoms with van der Waals surface area (Å²) in [5, 5.41) is 0.998. The molecule has 2 aliphatic heterocycles. The number of sulfonamides is 1. The van der Waals surface area contributed by atoms with E-state index in [0.29, 0.717) is 24.6 Å². The standard InChI is InChI=1S/C16H24N2O5S/c1-17-16(12-6-7-13(21-2)14(10-12)22-3)15(11-23-17)24(19,20)18-8-4-5-9-18/h6-7,10,15-16H,4-5,8-9,11H2,1-3H3. The average molecular weight is 356 g/mol. The minimum Gasteiger partial charge on any atom is -0.493 e. The Labute approximate surface area is 143 Å². The molecule has 1 aromatic rings. The largest absolute Gasteiger partial charge is 0.493 e. The zero-order valence-corrected chi connectivity index (χ0v) is 15.1. The van der Waals surface area contributed by atoms with Crippen molar-refractivity contribution in [3.8, 4) is 11.5 Å². The molecule has 0 saturated carbocycles. The lowest BCUT2D eigenvalue weighted by Crippen LogP contribution is -2.41. The number of nitrogens with zero attached hydrogens (tertiary/aromatic N) is 2. The van der Waals surface area contributed by atoms with Crippen molar-refractivity contribution >= 4 is 10.0 Å². The molecule has 2 aliphatic rings. The van der Waals surface area contributed by atoms with Gasteiger partial charge in [0.25, 0.3) is 0 Å². The highest BCUT2D eigenvalue weighted by Gasteiger charge is 2.46. The number of hydrogen-bond acceptors (Lipinski definition) is 6. The van der Waals surface area contributed by atoms with Crippen molar-refractivity contribution < 1.29 is 22.7 Å². The first-order valence-electron chi connectivity index (χ1n) is 8.05. The van der Waals surface area contributed by atoms with E-state index in [2.05, 4.69) is 0 Å². The van der Waals surface area contributed by atoms with Crippen molar-refractivity contribution in [2.45, 2.75) is 24.1 Å². The molecule has 0 N–H and O–H groups in total. The van der Waals surface area contributed by atoms with Gasteiger partial charge in [-0.25, -0.2) is 12.7 Å². The van der Waals surface area contributed by atoms with Crippen LogP contribution in [0, 0.1) is 0 Å². The van der Waals surface area contributed by atoms with E-state index in [1.165, 1.54) is 0 Å². The van der Waals surface area contributed by atoms with Gasteiger partial charge in [-0.1, -0.05) is 6.07 Å². The first kappa shape index (κ1) is 17.5. The number of hydroxylamine groups is 2. The van der Waals surface area contributed by atoms with Gasteiger partial charge in [-0.2, -0.15) is 5.06 Å². The Morgan fingerprint density at radius 3 is 2.42 bits per heavy atom. The highest BCUT2D eigenvalue weighted by atomic mass is 32.2. The molecule has 8 heteroatoms. The lowest BCUT2D eigenvalue weighted by Gasteiger charge is -2.26. The van der Waals surface area contributed by atoms with E-state index in [9.17, 15) is 8.42 Å². The van der Waals surface area contributed by atoms with Crippen LogP contribution in [0.4, 0.5) is 0 Å². The molecule has 2 fully saturated rings. The van der Waals surface area contributed by atoms with Gasteiger partial charge in [-0.3, -0.25) is 4.84 Å². The fraction of sp³-hybridized carbons (Fsp3) is 0.625. The number of methoxy groups -OCH3 is 2. The maximum absolute atomic E-state index is 13.0. The molecule has 2 unspecified atom stereocenters. The van der Waals surface area contributed by atoms with Crippen molar-refractivity contribution in [2.75, 3.05) is 41.0 Å². The molecule has 0 aromatic heterocycles. The zero-order valence-electron chi connectivity index (χ0n) is 14.3. The van der Waals surface area contributed by atoms with E-state index >= 15 is 0 Å². The summed E-state index contributed by atoms with van der Waals surface area (Å²) in [5.41, 5.74) is 0.834. The van der Waals surface area contributed by atoms with E-state index in [1.807, 2.05) is 12.1 Å². The second kappa shape index (κ2) is 6.87. The van der Waals surface area contributed by atoms with Crippen LogP contribution in [0.3, 0.4) is 0 Å². The Kier molecular flexibility index (Phi) is 5.00. The molecule has 0 spiro atoms. The molecule has 2 atom stereocenters. The highest BCUT2D eigenvalue weighted by Crippen LogP contribution is 2.39. The molecule has 24 heavy (non-hydrogen) atoms. The predicted molar refractivity (Wildman–Crippen MR) is 89.5 cm³/mol. The van der Waals surface area contributed by atoms with Gasteiger partial charge in [-0.15, -0.1) is 0 Å². The summed E-state index contributed by atoms with van der Waals surface area (Å²) in [6.07, 6.45) is 1.84. The fourth-order valence-electron chi connectivity index (χ4n) is 3.44. The summed E-state index contributed by atoms with van der Waals surface area (Å²) >= 11 is 0. The topological polar surface area (TPSA) is 68.3 Å². The van der Waals surface area contributed by atoms with Crippen LogP contribution >= 0.6 is 0 Å². The molecule has 3 rings (SSSR count). The third-order valence-corrected chi connectivity index (χ3v) is 6.99. The summed E-state index contributed by atoms with van der Waals surface area (Å²) in [6.45, 7) is 1.36. The molecule has 7 nitrogen and oxygen atoms in total. The average Bonchev–Trinajstić information content (AvgIpc) is 3.24. The van der Waals surface area contributed by atoms with Gasteiger partial charge in [0, 0.05) is 20.1 Å². The Morgan fingerprint density at radius 2 is 1.79 bits per heavy atom. The van der Waals surface area contributed by atoms with Gasteiger partial charge in [0.2, 0.25) is 10.0 Å². The molecule has 0 aliphatic carbocycles. The third-order valence-electron chi connectivity index (χ3n) is 4.74. The Morgan fingerprint density at radius 1 is 1.12 bits per heavy atom. The van der Waals surface area contributed by atoms with Crippen molar-refractivity contribution in [3.05, 3.63) is 23.8 Å². The summed E-state index contributed by atoms with van der Waals surface area (Å²) in [7, 11) is 1.49. The molecule has 0 bridgehead atoms. The van der Waals surface area contributed by atoms with Crippen LogP contribution in [0.15, 0.2) is 18.2 Å². The first-order valence-corrected chi connectivity index (χ1v) is 9.56. The molecule has 2 saturated heterocycles. The monoisotopic (exact) mass is 356 g/mol. The number of ether oxygens (including phenoxy) is 2. The second-order valence-corrected chi connectivity index (χ2v) is 8.24. The lowest BCUT2D eigenvalue weighted by molar-refractivity contribution is -0.110. The van der Waals surface area contributed by atoms with Gasteiger partial charge in [-0.05, 0) is 30.5 Å². The van der Waals surface area contributed by atoms with E-state index in [4.69, 9.17) is 14.3 Å². The van der Waals surface area contributed by atoms with E-state index in [0.717, 1.165) is 18.4 Å². The number of hydrogen-bond donors (Lipinski definition) is 0. The Balaban J connectivity index is 1.95. The minimum atomic E-state index is -3.41. The quantitative estimate of drug-likeness (QED) is 0.795. The summed E-state index contributed by atoms with van der Waals surface area (Å²) < 4.78 is 38.2. The number of rotatable bonds is 5. The van der Waals surface area contributed by atoms with Crippen LogP contribution in [0.2, 0.25) is 0 Å². The molecule has 134 valence electrons. The van der Waals surface area contributed by atoms with Crippen molar-refractivity contribution in [1.29, 1.82) is 0 Å². The van der Waals surface area contributed by atoms with Crippen LogP contribution in [0.5, 0.6) is 11.5 Å². The van der Waals surface area contributed by atoms with Gasteiger partial charge in [0.05, 0.1) is 26.9 Å². The van der Waals surface area contributed by atoms with E-state index in [-0.39, 0.29) is 12.6 Å². The normalized spacial score (nSPS) is 26.0. The number of benzene rings is 1. The lowest BCUT2D eigenvalue weighted by atomic mass is 10.0. The van der Waals surface area contributed by atoms with Gasteiger partial charge in [0.1, 0.15) is 5.25 Å². The van der Waals surface area contributed by atoms with Crippen molar-refractivity contribution in [3.63, 3.8) is 0 Å². The smallest absolute Gasteiger partial charge is 0.221 e. The van der Waals surface area contributed by atoms with Crippen LogP contribution in [0.25, 0.3) is 0 Å². The van der Waals surface area contributed by atoms with E-state index < -0.39 is 15.3 Å². The minimum absolute atomic E-state index is 0.161. The molecule has 2 heterocycles. The summed E-state index contributed by atoms with van der Waals surface area (Å²) in [6, 6.07) is 5.10. The fourth-order valence-corrected chi connectivity index (χ4v) is 5.48. The van der Waals surface area contributed by atoms with Crippen molar-refractivity contribution in [1.82, 2.24) is 9.37 Å². The summed E-state index contributed by atoms with van der Waals surface area (Å²) in [5.74, 6) is 1.19. The first-order chi connectivity index (χ1) is 11.5. The molecular weight excluding hydrogens is 332 g/mol. The van der Waals surface area contributed by atoms with Crippen LogP contribution in [0.1, 0.15) is 24.4 Å². The van der Waals surface area contributed by atoms with Crippen LogP contribution < -0.4 is 9.47 Å². The van der Waals surface area contributed by atoms with Crippen LogP contribution in [-0.2, 0) is 14.9 Å². The molecule has 0 radical (unpaired) electrons. The maximum Gasteiger partial charge on any atom is 0.221 e. The van der Waals surface area contributed by atoms with Gasteiger partial charge in [0.15, 0.2) is 11.5 Å². The van der Waals surface area contributed by atoms with Crippen LogP contribution in [-0.4, -0.2) is 64.0 Å². The highest BCUT2D eigenvalue weighted by molar-refractivity contribution is 7.89. The zero-order chi connectivity index (χ0) is 17.3. The second-order valence-electron chi connectivity index (χ2n) is 6.09. The van der Waals surface area contributed by atoms with E-state index in [1.54, 1.807) is 36.7 Å². The van der Waals surface area contributed by atoms with Gasteiger partial charge < -0.3 is 9.47 Å². The SMILES string of the molecule is COc1ccc(C2C(S(=O)(=O)N3CCCC3)CON2C)cc1OC.